The molecule has 0 amide bonds. The van der Waals surface area contributed by atoms with Crippen LogP contribution < -0.4 is 0 Å². The number of phenols is 1. The lowest BCUT2D eigenvalue weighted by Crippen LogP contribution is -1.99. The smallest absolute Gasteiger partial charge is 0.119 e. The topological polar surface area (TPSA) is 20.2 Å². The largest absolute Gasteiger partial charge is 0.508 e. The fourth-order valence-electron chi connectivity index (χ4n) is 2.63. The maximum atomic E-state index is 10.1. The predicted octanol–water partition coefficient (Wildman–Crippen LogP) is 5.81. The van der Waals surface area contributed by atoms with Gasteiger partial charge in [-0.15, -0.1) is 0 Å². The molecular formula is C18H30O. The summed E-state index contributed by atoms with van der Waals surface area (Å²) >= 11 is 0. The van der Waals surface area contributed by atoms with Crippen molar-refractivity contribution in [3.8, 4) is 5.75 Å². The molecule has 19 heavy (non-hydrogen) atoms. The minimum Gasteiger partial charge on any atom is -0.508 e. The summed E-state index contributed by atoms with van der Waals surface area (Å²) in [5.74, 6) is 1.04. The molecule has 0 fully saturated rings. The Bertz CT molecular complexity index is 357. The van der Waals surface area contributed by atoms with Crippen LogP contribution >= 0.6 is 0 Å². The second-order valence-corrected chi connectivity index (χ2v) is 5.67. The highest BCUT2D eigenvalue weighted by Crippen LogP contribution is 2.30. The summed E-state index contributed by atoms with van der Waals surface area (Å²) in [5, 5.41) is 10.1. The van der Waals surface area contributed by atoms with Gasteiger partial charge in [-0.1, -0.05) is 65.0 Å². The molecule has 0 saturated heterocycles. The molecule has 1 aromatic carbocycles. The standard InChI is InChI=1S/C18H30O/c1-4-6-7-8-9-10-12-17-16(15(3)5-2)13-11-14-18(17)19/h11,13-15,19H,4-10,12H2,1-3H3. The Morgan fingerprint density at radius 3 is 2.37 bits per heavy atom. The van der Waals surface area contributed by atoms with Crippen molar-refractivity contribution in [2.45, 2.75) is 78.1 Å². The second-order valence-electron chi connectivity index (χ2n) is 5.67. The van der Waals surface area contributed by atoms with Gasteiger partial charge in [0.05, 0.1) is 0 Å². The fraction of sp³-hybridized carbons (Fsp3) is 0.667. The van der Waals surface area contributed by atoms with Gasteiger partial charge in [0.15, 0.2) is 0 Å². The van der Waals surface area contributed by atoms with Gasteiger partial charge in [0, 0.05) is 0 Å². The zero-order valence-corrected chi connectivity index (χ0v) is 12.9. The van der Waals surface area contributed by atoms with E-state index >= 15 is 0 Å². The van der Waals surface area contributed by atoms with Gasteiger partial charge in [-0.3, -0.25) is 0 Å². The van der Waals surface area contributed by atoms with Crippen molar-refractivity contribution >= 4 is 0 Å². The van der Waals surface area contributed by atoms with Crippen molar-refractivity contribution < 1.29 is 5.11 Å². The molecular weight excluding hydrogens is 232 g/mol. The van der Waals surface area contributed by atoms with Crippen LogP contribution in [-0.4, -0.2) is 5.11 Å². The fourth-order valence-corrected chi connectivity index (χ4v) is 2.63. The highest BCUT2D eigenvalue weighted by atomic mass is 16.3. The summed E-state index contributed by atoms with van der Waals surface area (Å²) in [6, 6.07) is 5.99. The second kappa shape index (κ2) is 9.01. The Labute approximate surface area is 119 Å². The van der Waals surface area contributed by atoms with Crippen LogP contribution in [0.15, 0.2) is 18.2 Å². The van der Waals surface area contributed by atoms with Gasteiger partial charge in [-0.25, -0.2) is 0 Å². The molecule has 1 nitrogen and oxygen atoms in total. The summed E-state index contributed by atoms with van der Waals surface area (Å²) < 4.78 is 0. The third-order valence-corrected chi connectivity index (χ3v) is 4.11. The van der Waals surface area contributed by atoms with Crippen LogP contribution in [0.3, 0.4) is 0 Å². The van der Waals surface area contributed by atoms with E-state index in [1.54, 1.807) is 0 Å². The van der Waals surface area contributed by atoms with E-state index in [0.717, 1.165) is 12.8 Å². The van der Waals surface area contributed by atoms with E-state index in [1.165, 1.54) is 49.7 Å². The molecule has 1 N–H and O–H groups in total. The normalized spacial score (nSPS) is 12.6. The van der Waals surface area contributed by atoms with Gasteiger partial charge >= 0.3 is 0 Å². The van der Waals surface area contributed by atoms with Gasteiger partial charge < -0.3 is 5.11 Å². The maximum absolute atomic E-state index is 10.1. The van der Waals surface area contributed by atoms with Gasteiger partial charge in [-0.05, 0) is 42.4 Å². The number of unbranched alkanes of at least 4 members (excludes halogenated alkanes) is 5. The third kappa shape index (κ3) is 5.26. The summed E-state index contributed by atoms with van der Waals surface area (Å²) in [4.78, 5) is 0. The van der Waals surface area contributed by atoms with E-state index in [0.29, 0.717) is 11.7 Å². The SMILES string of the molecule is CCCCCCCCc1c(O)cccc1C(C)CC. The molecule has 0 aliphatic carbocycles. The van der Waals surface area contributed by atoms with Crippen molar-refractivity contribution in [3.63, 3.8) is 0 Å². The number of hydrogen-bond acceptors (Lipinski definition) is 1. The lowest BCUT2D eigenvalue weighted by Gasteiger charge is -2.16. The third-order valence-electron chi connectivity index (χ3n) is 4.11. The van der Waals surface area contributed by atoms with E-state index < -0.39 is 0 Å². The lowest BCUT2D eigenvalue weighted by molar-refractivity contribution is 0.463. The molecule has 0 heterocycles. The van der Waals surface area contributed by atoms with Crippen LogP contribution in [0.25, 0.3) is 0 Å². The van der Waals surface area contributed by atoms with Crippen LogP contribution in [0.4, 0.5) is 0 Å². The number of hydrogen-bond donors (Lipinski definition) is 1. The van der Waals surface area contributed by atoms with Crippen molar-refractivity contribution in [1.82, 2.24) is 0 Å². The molecule has 1 heteroatoms. The number of aromatic hydroxyl groups is 1. The molecule has 0 aromatic heterocycles. The van der Waals surface area contributed by atoms with E-state index in [-0.39, 0.29) is 0 Å². The average Bonchev–Trinajstić information content (AvgIpc) is 2.43. The summed E-state index contributed by atoms with van der Waals surface area (Å²) in [6.07, 6.45) is 9.99. The Hall–Kier alpha value is -0.980. The molecule has 0 aliphatic heterocycles. The monoisotopic (exact) mass is 262 g/mol. The van der Waals surface area contributed by atoms with E-state index in [4.69, 9.17) is 0 Å². The Morgan fingerprint density at radius 2 is 1.68 bits per heavy atom. The van der Waals surface area contributed by atoms with Gasteiger partial charge in [-0.2, -0.15) is 0 Å². The van der Waals surface area contributed by atoms with Crippen molar-refractivity contribution in [3.05, 3.63) is 29.3 Å². The first-order chi connectivity index (χ1) is 9.20. The highest BCUT2D eigenvalue weighted by molar-refractivity contribution is 5.41. The molecule has 0 spiro atoms. The molecule has 1 aromatic rings. The Kier molecular flexibility index (Phi) is 7.62. The van der Waals surface area contributed by atoms with Crippen molar-refractivity contribution in [1.29, 1.82) is 0 Å². The number of rotatable bonds is 9. The van der Waals surface area contributed by atoms with E-state index in [2.05, 4.69) is 26.8 Å². The minimum atomic E-state index is 0.492. The molecule has 1 unspecified atom stereocenters. The van der Waals surface area contributed by atoms with Crippen LogP contribution in [0.1, 0.15) is 82.8 Å². The first kappa shape index (κ1) is 16.1. The van der Waals surface area contributed by atoms with Gasteiger partial charge in [0.2, 0.25) is 0 Å². The summed E-state index contributed by atoms with van der Waals surface area (Å²) in [7, 11) is 0. The minimum absolute atomic E-state index is 0.492. The van der Waals surface area contributed by atoms with Crippen LogP contribution in [0.2, 0.25) is 0 Å². The van der Waals surface area contributed by atoms with Crippen LogP contribution in [0.5, 0.6) is 5.75 Å². The van der Waals surface area contributed by atoms with Crippen molar-refractivity contribution in [2.24, 2.45) is 0 Å². The Morgan fingerprint density at radius 1 is 1.00 bits per heavy atom. The van der Waals surface area contributed by atoms with E-state index in [9.17, 15) is 5.11 Å². The molecule has 0 aliphatic rings. The first-order valence-corrected chi connectivity index (χ1v) is 8.01. The summed E-state index contributed by atoms with van der Waals surface area (Å²) in [5.41, 5.74) is 2.53. The van der Waals surface area contributed by atoms with Crippen LogP contribution in [0, 0.1) is 0 Å². The number of benzene rings is 1. The number of phenolic OH excluding ortho intramolecular Hbond substituents is 1. The molecule has 1 atom stereocenters. The lowest BCUT2D eigenvalue weighted by atomic mass is 9.90. The average molecular weight is 262 g/mol. The molecule has 0 bridgehead atoms. The zero-order chi connectivity index (χ0) is 14.1. The van der Waals surface area contributed by atoms with Crippen LogP contribution in [-0.2, 0) is 6.42 Å². The quantitative estimate of drug-likeness (QED) is 0.557. The van der Waals surface area contributed by atoms with E-state index in [1.807, 2.05) is 12.1 Å². The highest BCUT2D eigenvalue weighted by Gasteiger charge is 2.12. The predicted molar refractivity (Wildman–Crippen MR) is 83.9 cm³/mol. The van der Waals surface area contributed by atoms with Gasteiger partial charge in [0.25, 0.3) is 0 Å². The maximum Gasteiger partial charge on any atom is 0.119 e. The summed E-state index contributed by atoms with van der Waals surface area (Å²) in [6.45, 7) is 6.71. The molecule has 0 radical (unpaired) electrons. The van der Waals surface area contributed by atoms with Crippen molar-refractivity contribution in [2.75, 3.05) is 0 Å². The Balaban J connectivity index is 2.52. The van der Waals surface area contributed by atoms with Gasteiger partial charge in [0.1, 0.15) is 5.75 Å². The zero-order valence-electron chi connectivity index (χ0n) is 12.9. The molecule has 108 valence electrons. The molecule has 1 rings (SSSR count). The molecule has 0 saturated carbocycles. The first-order valence-electron chi connectivity index (χ1n) is 8.01.